The second-order valence-electron chi connectivity index (χ2n) is 31.0. The van der Waals surface area contributed by atoms with E-state index in [9.17, 15) is 0 Å². The summed E-state index contributed by atoms with van der Waals surface area (Å²) >= 11 is 3.80. The van der Waals surface area contributed by atoms with Crippen LogP contribution in [0.25, 0.3) is 239 Å². The van der Waals surface area contributed by atoms with E-state index < -0.39 is 0 Å². The van der Waals surface area contributed by atoms with Gasteiger partial charge in [-0.05, 0) is 159 Å². The summed E-state index contributed by atoms with van der Waals surface area (Å²) in [6.45, 7) is 0. The molecule has 0 fully saturated rings. The molecule has 548 valence electrons. The van der Waals surface area contributed by atoms with Crippen LogP contribution in [0.3, 0.4) is 0 Å². The van der Waals surface area contributed by atoms with Gasteiger partial charge in [0.05, 0.1) is 54.5 Å². The van der Waals surface area contributed by atoms with Gasteiger partial charge in [-0.25, -0.2) is 0 Å². The summed E-state index contributed by atoms with van der Waals surface area (Å²) in [6, 6.07) is 139. The molecule has 0 saturated carbocycles. The smallest absolute Gasteiger partial charge is 0.0641 e. The Morgan fingerprint density at radius 2 is 0.610 bits per heavy atom. The molecule has 22 aromatic rings. The van der Waals surface area contributed by atoms with Crippen molar-refractivity contribution >= 4 is 150 Å². The summed E-state index contributed by atoms with van der Waals surface area (Å²) in [6.07, 6.45) is 7.54. The molecule has 118 heavy (non-hydrogen) atoms. The molecule has 0 N–H and O–H groups in total. The number of rotatable bonds is 10. The summed E-state index contributed by atoms with van der Waals surface area (Å²) in [4.78, 5) is 8.87. The third-order valence-electron chi connectivity index (χ3n) is 24.7. The number of hydrogen-bond donors (Lipinski definition) is 0. The van der Waals surface area contributed by atoms with Crippen LogP contribution < -0.4 is 0 Å². The molecule has 0 bridgehead atoms. The fraction of sp³-hybridized carbons (Fsp3) is 0. The average Bonchev–Trinajstić information content (AvgIpc) is 0.749. The zero-order chi connectivity index (χ0) is 77.2. The minimum Gasteiger partial charge on any atom is -0.309 e. The number of thiophene rings is 2. The van der Waals surface area contributed by atoms with Gasteiger partial charge in [0.2, 0.25) is 0 Å². The highest BCUT2D eigenvalue weighted by Crippen LogP contribution is 2.58. The first-order valence-electron chi connectivity index (χ1n) is 40.2. The largest absolute Gasteiger partial charge is 0.309 e. The van der Waals surface area contributed by atoms with Crippen molar-refractivity contribution in [1.29, 1.82) is 0 Å². The van der Waals surface area contributed by atoms with Crippen molar-refractivity contribution in [1.82, 2.24) is 28.2 Å². The molecule has 0 amide bonds. The van der Waals surface area contributed by atoms with Crippen LogP contribution in [-0.4, -0.2) is 28.2 Å². The van der Waals surface area contributed by atoms with Gasteiger partial charge in [-0.2, -0.15) is 0 Å². The third kappa shape index (κ3) is 9.91. The van der Waals surface area contributed by atoms with Crippen LogP contribution >= 0.6 is 22.7 Å². The Morgan fingerprint density at radius 1 is 0.212 bits per heavy atom. The number of para-hydroxylation sites is 3. The number of fused-ring (bicyclic) bond motifs is 6. The topological polar surface area (TPSA) is 45.5 Å². The lowest BCUT2D eigenvalue weighted by Gasteiger charge is -2.31. The van der Waals surface area contributed by atoms with Gasteiger partial charge in [-0.3, -0.25) is 9.97 Å². The number of nitrogens with zero attached hydrogens (tertiary/aromatic N) is 6. The Labute approximate surface area is 686 Å². The molecule has 0 atom stereocenters. The van der Waals surface area contributed by atoms with Gasteiger partial charge in [0, 0.05) is 160 Å². The molecule has 8 heterocycles. The fourth-order valence-electron chi connectivity index (χ4n) is 19.7. The normalized spacial score (nSPS) is 12.1. The summed E-state index contributed by atoms with van der Waals surface area (Å²) in [7, 11) is 0. The van der Waals surface area contributed by atoms with E-state index in [0.717, 1.165) is 50.4 Å². The molecule has 26 rings (SSSR count). The molecule has 0 radical (unpaired) electrons. The number of pyridine rings is 6. The van der Waals surface area contributed by atoms with E-state index in [2.05, 4.69) is 392 Å². The van der Waals surface area contributed by atoms with E-state index in [-0.39, 0.29) is 0 Å². The van der Waals surface area contributed by atoms with Crippen LogP contribution in [0, 0.1) is 0 Å². The van der Waals surface area contributed by atoms with Crippen LogP contribution in [0.5, 0.6) is 0 Å². The first-order valence-corrected chi connectivity index (χ1v) is 41.9. The van der Waals surface area contributed by atoms with Gasteiger partial charge in [0.15, 0.2) is 0 Å². The van der Waals surface area contributed by atoms with Gasteiger partial charge in [0.25, 0.3) is 0 Å². The summed E-state index contributed by atoms with van der Waals surface area (Å²) < 4.78 is 15.5. The van der Waals surface area contributed by atoms with Crippen LogP contribution in [0.1, 0.15) is 0 Å². The molecular weight excluding hydrogens is 1470 g/mol. The second-order valence-corrected chi connectivity index (χ2v) is 33.1. The maximum Gasteiger partial charge on any atom is 0.0641 e. The molecular formula is C110H66N6S2. The predicted octanol–water partition coefficient (Wildman–Crippen LogP) is 30.4. The fourth-order valence-corrected chi connectivity index (χ4v) is 22.2. The highest BCUT2D eigenvalue weighted by Gasteiger charge is 2.34. The van der Waals surface area contributed by atoms with E-state index in [1.807, 2.05) is 59.6 Å². The highest BCUT2D eigenvalue weighted by molar-refractivity contribution is 7.26. The van der Waals surface area contributed by atoms with Crippen molar-refractivity contribution < 1.29 is 0 Å². The minimum atomic E-state index is 1.10. The maximum atomic E-state index is 4.44. The van der Waals surface area contributed by atoms with Crippen molar-refractivity contribution in [3.05, 3.63) is 401 Å². The Bertz CT molecular complexity index is 8170. The zero-order valence-electron chi connectivity index (χ0n) is 63.6. The van der Waals surface area contributed by atoms with Crippen molar-refractivity contribution in [2.24, 2.45) is 0 Å². The SMILES string of the molecule is c1ccc(-c2ccc3cc(-c4cccc5c4sc4ccccc45)c4c5c3c2n(-c2cccc3c2sc2ccccc23)c2ccc3cccc(c3c2-5)n4-c2ccccc2)cc1.c1ccc(-n2c3ccc4ccc(-c5cccc(-c6cccnc6)c5)c5c4c3-c3c4c(ccc(-c6cccc(-c7cccnc7)c6)c42)ccc3n5-c2ccccc2)cc1. The van der Waals surface area contributed by atoms with Gasteiger partial charge in [-0.15, -0.1) is 22.7 Å². The Balaban J connectivity index is 0.000000132. The molecule has 18 aromatic carbocycles. The average molecular weight is 1540 g/mol. The lowest BCUT2D eigenvalue weighted by molar-refractivity contribution is 1.14. The van der Waals surface area contributed by atoms with Crippen LogP contribution in [0.4, 0.5) is 0 Å². The zero-order valence-corrected chi connectivity index (χ0v) is 65.2. The molecule has 0 saturated heterocycles. The molecule has 0 aliphatic carbocycles. The van der Waals surface area contributed by atoms with Crippen molar-refractivity contribution in [3.63, 3.8) is 0 Å². The number of hydrogen-bond acceptors (Lipinski definition) is 4. The molecule has 4 aromatic heterocycles. The van der Waals surface area contributed by atoms with Crippen molar-refractivity contribution in [3.8, 4) is 112 Å². The Hall–Kier alpha value is -15.1. The number of aromatic nitrogens is 6. The van der Waals surface area contributed by atoms with Crippen molar-refractivity contribution in [2.75, 3.05) is 0 Å². The third-order valence-corrected chi connectivity index (χ3v) is 27.1. The van der Waals surface area contributed by atoms with Crippen LogP contribution in [0.2, 0.25) is 0 Å². The Morgan fingerprint density at radius 3 is 1.17 bits per heavy atom. The first-order chi connectivity index (χ1) is 58.6. The van der Waals surface area contributed by atoms with Gasteiger partial charge >= 0.3 is 0 Å². The van der Waals surface area contributed by atoms with Gasteiger partial charge < -0.3 is 18.3 Å². The molecule has 4 aliphatic heterocycles. The van der Waals surface area contributed by atoms with Gasteiger partial charge in [0.1, 0.15) is 0 Å². The van der Waals surface area contributed by atoms with E-state index in [1.54, 1.807) is 0 Å². The van der Waals surface area contributed by atoms with E-state index in [4.69, 9.17) is 0 Å². The van der Waals surface area contributed by atoms with E-state index in [0.29, 0.717) is 0 Å². The summed E-state index contributed by atoms with van der Waals surface area (Å²) in [5, 5.41) is 15.2. The first kappa shape index (κ1) is 66.4. The standard InChI is InChI=1S/C56H32N2S2.C54H34N4/c1-3-14-33(15-4-1)37-30-28-35-32-43(42-22-12-21-40-38-19-7-9-26-47(38)59-55(40)42)54-52-50(35)53(37)58(46-25-13-23-41-39-20-8-10-27-48(39)60-56(41)46)45-31-29-34-16-11-24-44(49(34)51(45)52)57(54)36-17-5-2-6-18-36;1-3-17-43(18-4-1)57-47-27-23-36-22-26-46(40-14-8-12-38(32-40)42-16-10-30-56-34-42)54-50(36)51(47)52-48(58(54)44-19-5-2-6-20-44)28-24-35-21-25-45(53(57)49(35)52)39-13-7-11-37(31-39)41-15-9-29-55-33-41/h1-32H;1-34H. The number of benzene rings is 18. The molecule has 4 aliphatic rings. The predicted molar refractivity (Wildman–Crippen MR) is 500 cm³/mol. The lowest BCUT2D eigenvalue weighted by atomic mass is 9.83. The molecule has 0 spiro atoms. The quantitative estimate of drug-likeness (QED) is 0.101. The van der Waals surface area contributed by atoms with E-state index in [1.165, 1.54) is 189 Å². The lowest BCUT2D eigenvalue weighted by Crippen LogP contribution is -2.11. The monoisotopic (exact) mass is 1530 g/mol. The van der Waals surface area contributed by atoms with E-state index >= 15 is 0 Å². The molecule has 0 unspecified atom stereocenters. The van der Waals surface area contributed by atoms with Crippen LogP contribution in [-0.2, 0) is 0 Å². The highest BCUT2D eigenvalue weighted by atomic mass is 32.1. The maximum absolute atomic E-state index is 4.44. The minimum absolute atomic E-state index is 1.10. The van der Waals surface area contributed by atoms with Gasteiger partial charge in [-0.1, -0.05) is 267 Å². The molecule has 8 heteroatoms. The Kier molecular flexibility index (Phi) is 14.8. The van der Waals surface area contributed by atoms with Crippen molar-refractivity contribution in [2.45, 2.75) is 0 Å². The summed E-state index contributed by atoms with van der Waals surface area (Å²) in [5.41, 5.74) is 33.4. The summed E-state index contributed by atoms with van der Waals surface area (Å²) in [5.74, 6) is 0. The molecule has 6 nitrogen and oxygen atoms in total. The van der Waals surface area contributed by atoms with Crippen LogP contribution in [0.15, 0.2) is 401 Å². The second kappa shape index (κ2) is 26.2.